The van der Waals surface area contributed by atoms with Gasteiger partial charge in [0.25, 0.3) is 0 Å². The van der Waals surface area contributed by atoms with Crippen molar-refractivity contribution < 1.29 is 14.9 Å². The van der Waals surface area contributed by atoms with Crippen LogP contribution >= 0.6 is 0 Å². The van der Waals surface area contributed by atoms with Gasteiger partial charge in [-0.05, 0) is 21.0 Å². The molecule has 96 valence electrons. The quantitative estimate of drug-likeness (QED) is 0.550. The van der Waals surface area contributed by atoms with Gasteiger partial charge in [-0.2, -0.15) is 0 Å². The molecule has 1 aliphatic rings. The van der Waals surface area contributed by atoms with Crippen LogP contribution in [0.3, 0.4) is 0 Å². The maximum atomic E-state index is 10.2. The molecule has 1 saturated heterocycles. The maximum absolute atomic E-state index is 10.2. The number of likely N-dealkylation sites (N-methyl/N-ethyl adjacent to an activating group) is 1. The molecule has 3 N–H and O–H groups in total. The van der Waals surface area contributed by atoms with Crippen molar-refractivity contribution in [3.05, 3.63) is 0 Å². The van der Waals surface area contributed by atoms with Gasteiger partial charge in [-0.15, -0.1) is 0 Å². The molecule has 1 heterocycles. The molecule has 0 amide bonds. The summed E-state index contributed by atoms with van der Waals surface area (Å²) in [5.41, 5.74) is -0.780. The van der Waals surface area contributed by atoms with Crippen LogP contribution in [0.5, 0.6) is 0 Å². The summed E-state index contributed by atoms with van der Waals surface area (Å²) >= 11 is 0. The fraction of sp³-hybridized carbons (Fsp3) is 1.00. The average Bonchev–Trinajstić information content (AvgIpc) is 2.46. The second-order valence-electron chi connectivity index (χ2n) is 4.91. The number of hydrogen-bond donors (Lipinski definition) is 3. The first kappa shape index (κ1) is 13.9. The number of rotatable bonds is 6. The van der Waals surface area contributed by atoms with Gasteiger partial charge in [0, 0.05) is 32.7 Å². The van der Waals surface area contributed by atoms with Crippen molar-refractivity contribution in [3.63, 3.8) is 0 Å². The smallest absolute Gasteiger partial charge is 0.105 e. The Morgan fingerprint density at radius 3 is 2.75 bits per heavy atom. The van der Waals surface area contributed by atoms with E-state index in [4.69, 9.17) is 4.74 Å². The molecule has 3 unspecified atom stereocenters. The Kier molecular flexibility index (Phi) is 5.14. The predicted molar refractivity (Wildman–Crippen MR) is 62.4 cm³/mol. The highest BCUT2D eigenvalue weighted by Crippen LogP contribution is 2.24. The minimum Gasteiger partial charge on any atom is -0.390 e. The van der Waals surface area contributed by atoms with Gasteiger partial charge in [-0.25, -0.2) is 0 Å². The van der Waals surface area contributed by atoms with Crippen LogP contribution in [0.2, 0.25) is 0 Å². The fourth-order valence-corrected chi connectivity index (χ4v) is 1.94. The molecule has 5 nitrogen and oxygen atoms in total. The second kappa shape index (κ2) is 5.93. The molecular weight excluding hydrogens is 208 g/mol. The van der Waals surface area contributed by atoms with E-state index in [0.29, 0.717) is 32.7 Å². The Morgan fingerprint density at radius 2 is 2.25 bits per heavy atom. The van der Waals surface area contributed by atoms with Gasteiger partial charge in [0.1, 0.15) is 5.60 Å². The maximum Gasteiger partial charge on any atom is 0.105 e. The number of ether oxygens (including phenoxy) is 1. The van der Waals surface area contributed by atoms with Crippen LogP contribution in [-0.4, -0.2) is 73.3 Å². The summed E-state index contributed by atoms with van der Waals surface area (Å²) in [6.07, 6.45) is 0.118. The van der Waals surface area contributed by atoms with Crippen molar-refractivity contribution in [1.29, 1.82) is 0 Å². The molecule has 0 radical (unpaired) electrons. The van der Waals surface area contributed by atoms with E-state index in [1.54, 1.807) is 0 Å². The summed E-state index contributed by atoms with van der Waals surface area (Å²) in [6, 6.07) is 0. The van der Waals surface area contributed by atoms with Crippen molar-refractivity contribution in [1.82, 2.24) is 10.2 Å². The third-order valence-electron chi connectivity index (χ3n) is 3.05. The van der Waals surface area contributed by atoms with Gasteiger partial charge in [0.2, 0.25) is 0 Å². The molecule has 0 aromatic heterocycles. The normalized spacial score (nSPS) is 32.2. The van der Waals surface area contributed by atoms with E-state index < -0.39 is 11.7 Å². The first-order valence-electron chi connectivity index (χ1n) is 5.81. The largest absolute Gasteiger partial charge is 0.390 e. The fourth-order valence-electron chi connectivity index (χ4n) is 1.94. The highest BCUT2D eigenvalue weighted by atomic mass is 16.5. The van der Waals surface area contributed by atoms with E-state index >= 15 is 0 Å². The van der Waals surface area contributed by atoms with Crippen molar-refractivity contribution >= 4 is 0 Å². The lowest BCUT2D eigenvalue weighted by Crippen LogP contribution is -2.48. The van der Waals surface area contributed by atoms with Gasteiger partial charge >= 0.3 is 0 Å². The van der Waals surface area contributed by atoms with E-state index in [2.05, 4.69) is 5.32 Å². The highest BCUT2D eigenvalue weighted by molar-refractivity contribution is 4.91. The predicted octanol–water partition coefficient (Wildman–Crippen LogP) is -0.962. The van der Waals surface area contributed by atoms with Crippen LogP contribution in [-0.2, 0) is 4.74 Å². The summed E-state index contributed by atoms with van der Waals surface area (Å²) in [7, 11) is 3.84. The standard InChI is InChI=1S/C11H24N2O3/c1-9-11(15,4-5-16-9)8-12-6-10(14)7-13(2)3/h9-10,12,14-15H,4-8H2,1-3H3. The Bertz CT molecular complexity index is 213. The van der Waals surface area contributed by atoms with Gasteiger partial charge in [0.05, 0.1) is 12.2 Å². The van der Waals surface area contributed by atoms with E-state index in [0.717, 1.165) is 0 Å². The summed E-state index contributed by atoms with van der Waals surface area (Å²) in [6.45, 7) is 4.08. The van der Waals surface area contributed by atoms with E-state index in [9.17, 15) is 10.2 Å². The molecule has 3 atom stereocenters. The summed E-state index contributed by atoms with van der Waals surface area (Å²) in [5.74, 6) is 0. The Hall–Kier alpha value is -0.200. The molecule has 1 aliphatic heterocycles. The lowest BCUT2D eigenvalue weighted by atomic mass is 9.97. The first-order valence-corrected chi connectivity index (χ1v) is 5.81. The lowest BCUT2D eigenvalue weighted by molar-refractivity contribution is -0.0276. The Balaban J connectivity index is 2.19. The number of aliphatic hydroxyl groups excluding tert-OH is 1. The zero-order valence-corrected chi connectivity index (χ0v) is 10.4. The average molecular weight is 232 g/mol. The van der Waals surface area contributed by atoms with Gasteiger partial charge in [-0.3, -0.25) is 0 Å². The molecule has 0 saturated carbocycles. The van der Waals surface area contributed by atoms with Crippen LogP contribution in [0.4, 0.5) is 0 Å². The van der Waals surface area contributed by atoms with Gasteiger partial charge < -0.3 is 25.2 Å². The van der Waals surface area contributed by atoms with Crippen LogP contribution in [0.15, 0.2) is 0 Å². The molecule has 0 bridgehead atoms. The third-order valence-corrected chi connectivity index (χ3v) is 3.05. The third kappa shape index (κ3) is 3.99. The SMILES string of the molecule is CC1OCCC1(O)CNCC(O)CN(C)C. The molecule has 0 aromatic carbocycles. The van der Waals surface area contributed by atoms with Crippen LogP contribution in [0, 0.1) is 0 Å². The molecule has 1 rings (SSSR count). The zero-order valence-electron chi connectivity index (χ0n) is 10.4. The summed E-state index contributed by atoms with van der Waals surface area (Å²) < 4.78 is 5.33. The van der Waals surface area contributed by atoms with Gasteiger partial charge in [0.15, 0.2) is 0 Å². The number of hydrogen-bond acceptors (Lipinski definition) is 5. The minimum absolute atomic E-state index is 0.133. The molecule has 1 fully saturated rings. The van der Waals surface area contributed by atoms with E-state index in [1.165, 1.54) is 0 Å². The topological polar surface area (TPSA) is 65.0 Å². The van der Waals surface area contributed by atoms with E-state index in [1.807, 2.05) is 25.9 Å². The zero-order chi connectivity index (χ0) is 12.2. The molecule has 0 aromatic rings. The van der Waals surface area contributed by atoms with Crippen LogP contribution < -0.4 is 5.32 Å². The number of nitrogens with zero attached hydrogens (tertiary/aromatic N) is 1. The summed E-state index contributed by atoms with van der Waals surface area (Å²) in [4.78, 5) is 1.93. The second-order valence-corrected chi connectivity index (χ2v) is 4.91. The van der Waals surface area contributed by atoms with Crippen LogP contribution in [0.25, 0.3) is 0 Å². The van der Waals surface area contributed by atoms with Crippen molar-refractivity contribution in [3.8, 4) is 0 Å². The molecule has 5 heteroatoms. The number of nitrogens with one attached hydrogen (secondary N) is 1. The molecule has 16 heavy (non-hydrogen) atoms. The molecule has 0 aliphatic carbocycles. The number of aliphatic hydroxyl groups is 2. The monoisotopic (exact) mass is 232 g/mol. The van der Waals surface area contributed by atoms with Crippen molar-refractivity contribution in [2.24, 2.45) is 0 Å². The first-order chi connectivity index (χ1) is 7.44. The molecular formula is C11H24N2O3. The van der Waals surface area contributed by atoms with Crippen LogP contribution in [0.1, 0.15) is 13.3 Å². The lowest BCUT2D eigenvalue weighted by Gasteiger charge is -2.27. The summed E-state index contributed by atoms with van der Waals surface area (Å²) in [5, 5.41) is 22.9. The molecule has 0 spiro atoms. The minimum atomic E-state index is -0.780. The highest BCUT2D eigenvalue weighted by Gasteiger charge is 2.39. The Labute approximate surface area is 97.4 Å². The van der Waals surface area contributed by atoms with E-state index in [-0.39, 0.29) is 6.10 Å². The van der Waals surface area contributed by atoms with Crippen molar-refractivity contribution in [2.75, 3.05) is 40.3 Å². The van der Waals surface area contributed by atoms with Crippen molar-refractivity contribution in [2.45, 2.75) is 31.2 Å². The van der Waals surface area contributed by atoms with Gasteiger partial charge in [-0.1, -0.05) is 0 Å². The Morgan fingerprint density at radius 1 is 1.56 bits per heavy atom.